The van der Waals surface area contributed by atoms with Crippen LogP contribution in [0.3, 0.4) is 0 Å². The van der Waals surface area contributed by atoms with Crippen LogP contribution in [0.2, 0.25) is 0 Å². The number of benzene rings is 2. The van der Waals surface area contributed by atoms with Crippen LogP contribution in [-0.4, -0.2) is 29.1 Å². The second kappa shape index (κ2) is 7.53. The Balaban J connectivity index is 1.66. The van der Waals surface area contributed by atoms with E-state index in [2.05, 4.69) is 4.99 Å². The summed E-state index contributed by atoms with van der Waals surface area (Å²) < 4.78 is 37.8. The highest BCUT2D eigenvalue weighted by atomic mass is 32.2. The molecule has 0 radical (unpaired) electrons. The zero-order chi connectivity index (χ0) is 18.7. The third-order valence-electron chi connectivity index (χ3n) is 4.07. The fraction of sp³-hybridized carbons (Fsp3) is 0.263. The predicted molar refractivity (Wildman–Crippen MR) is 97.3 cm³/mol. The van der Waals surface area contributed by atoms with Crippen molar-refractivity contribution in [1.82, 2.24) is 4.90 Å². The van der Waals surface area contributed by atoms with Crippen LogP contribution in [0.5, 0.6) is 0 Å². The molecule has 0 saturated carbocycles. The standard InChI is InChI=1S/C19H17F3N2OS/c1-13-4-2-3-5-16(13)17(25)24-11-10-23-18(24)26-12-14-6-8-15(9-7-14)19(20,21)22/h2-9H,10-12H2,1H3. The van der Waals surface area contributed by atoms with Crippen LogP contribution in [0.4, 0.5) is 13.2 Å². The van der Waals surface area contributed by atoms with Gasteiger partial charge in [-0.05, 0) is 36.2 Å². The molecule has 2 aromatic carbocycles. The Morgan fingerprint density at radius 1 is 1.15 bits per heavy atom. The molecule has 7 heteroatoms. The van der Waals surface area contributed by atoms with Crippen LogP contribution in [-0.2, 0) is 11.9 Å². The number of thioether (sulfide) groups is 1. The molecule has 0 atom stereocenters. The summed E-state index contributed by atoms with van der Waals surface area (Å²) in [5, 5.41) is 0.609. The highest BCUT2D eigenvalue weighted by molar-refractivity contribution is 8.13. The first kappa shape index (κ1) is 18.5. The van der Waals surface area contributed by atoms with E-state index >= 15 is 0 Å². The molecule has 1 heterocycles. The van der Waals surface area contributed by atoms with Gasteiger partial charge in [0.05, 0.1) is 12.1 Å². The summed E-state index contributed by atoms with van der Waals surface area (Å²) in [6.07, 6.45) is -4.34. The maximum absolute atomic E-state index is 12.8. The molecule has 0 saturated heterocycles. The van der Waals surface area contributed by atoms with Gasteiger partial charge in [0.25, 0.3) is 5.91 Å². The molecule has 0 N–H and O–H groups in total. The van der Waals surface area contributed by atoms with Gasteiger partial charge in [-0.1, -0.05) is 42.1 Å². The van der Waals surface area contributed by atoms with E-state index in [9.17, 15) is 18.0 Å². The van der Waals surface area contributed by atoms with E-state index in [1.807, 2.05) is 25.1 Å². The molecule has 0 spiro atoms. The van der Waals surface area contributed by atoms with E-state index in [0.29, 0.717) is 29.6 Å². The van der Waals surface area contributed by atoms with Crippen molar-refractivity contribution in [3.8, 4) is 0 Å². The van der Waals surface area contributed by atoms with Crippen LogP contribution in [0.25, 0.3) is 0 Å². The Labute approximate surface area is 153 Å². The molecule has 0 fully saturated rings. The number of aliphatic imine (C=N–C) groups is 1. The Morgan fingerprint density at radius 3 is 2.50 bits per heavy atom. The number of nitrogens with zero attached hydrogens (tertiary/aromatic N) is 2. The van der Waals surface area contributed by atoms with Crippen LogP contribution >= 0.6 is 11.8 Å². The van der Waals surface area contributed by atoms with Gasteiger partial charge in [0, 0.05) is 17.9 Å². The molecule has 1 amide bonds. The minimum absolute atomic E-state index is 0.0979. The Bertz CT molecular complexity index is 831. The van der Waals surface area contributed by atoms with Crippen molar-refractivity contribution in [1.29, 1.82) is 0 Å². The first-order valence-corrected chi connectivity index (χ1v) is 9.06. The number of hydrogen-bond acceptors (Lipinski definition) is 3. The highest BCUT2D eigenvalue weighted by Crippen LogP contribution is 2.30. The van der Waals surface area contributed by atoms with Gasteiger partial charge in [-0.25, -0.2) is 0 Å². The zero-order valence-electron chi connectivity index (χ0n) is 14.1. The number of halogens is 3. The molecule has 0 aliphatic carbocycles. The third kappa shape index (κ3) is 4.09. The smallest absolute Gasteiger partial charge is 0.286 e. The molecule has 0 aromatic heterocycles. The average molecular weight is 378 g/mol. The molecule has 1 aliphatic rings. The second-order valence-electron chi connectivity index (χ2n) is 5.92. The lowest BCUT2D eigenvalue weighted by Gasteiger charge is -2.19. The van der Waals surface area contributed by atoms with Crippen LogP contribution in [0.15, 0.2) is 53.5 Å². The van der Waals surface area contributed by atoms with E-state index in [-0.39, 0.29) is 5.91 Å². The zero-order valence-corrected chi connectivity index (χ0v) is 14.9. The molecule has 0 unspecified atom stereocenters. The highest BCUT2D eigenvalue weighted by Gasteiger charge is 2.30. The summed E-state index contributed by atoms with van der Waals surface area (Å²) in [5.41, 5.74) is 1.62. The van der Waals surface area contributed by atoms with Gasteiger partial charge >= 0.3 is 6.18 Å². The molecule has 3 nitrogen and oxygen atoms in total. The van der Waals surface area contributed by atoms with E-state index in [0.717, 1.165) is 23.3 Å². The minimum atomic E-state index is -4.34. The molecule has 2 aromatic rings. The Kier molecular flexibility index (Phi) is 5.36. The van der Waals surface area contributed by atoms with Crippen molar-refractivity contribution < 1.29 is 18.0 Å². The van der Waals surface area contributed by atoms with Gasteiger partial charge in [-0.15, -0.1) is 0 Å². The summed E-state index contributed by atoms with van der Waals surface area (Å²) >= 11 is 1.36. The molecule has 0 bridgehead atoms. The summed E-state index contributed by atoms with van der Waals surface area (Å²) in [5.74, 6) is 0.355. The predicted octanol–water partition coefficient (Wildman–Crippen LogP) is 4.76. The number of carbonyl (C=O) groups is 1. The molecular formula is C19H17F3N2OS. The SMILES string of the molecule is Cc1ccccc1C(=O)N1CCN=C1SCc1ccc(C(F)(F)F)cc1. The topological polar surface area (TPSA) is 32.7 Å². The first-order chi connectivity index (χ1) is 12.4. The van der Waals surface area contributed by atoms with E-state index in [1.165, 1.54) is 23.9 Å². The quantitative estimate of drug-likeness (QED) is 0.772. The average Bonchev–Trinajstić information content (AvgIpc) is 3.08. The van der Waals surface area contributed by atoms with Gasteiger partial charge in [0.1, 0.15) is 0 Å². The molecule has 3 rings (SSSR count). The fourth-order valence-electron chi connectivity index (χ4n) is 2.63. The summed E-state index contributed by atoms with van der Waals surface area (Å²) in [6.45, 7) is 2.94. The molecule has 1 aliphatic heterocycles. The summed E-state index contributed by atoms with van der Waals surface area (Å²) in [6, 6.07) is 12.4. The van der Waals surface area contributed by atoms with Crippen LogP contribution < -0.4 is 0 Å². The van der Waals surface area contributed by atoms with Crippen molar-refractivity contribution >= 4 is 22.8 Å². The Hall–Kier alpha value is -2.28. The van der Waals surface area contributed by atoms with Crippen LogP contribution in [0, 0.1) is 6.92 Å². The van der Waals surface area contributed by atoms with Gasteiger partial charge in [0.15, 0.2) is 5.17 Å². The van der Waals surface area contributed by atoms with Crippen molar-refractivity contribution in [3.63, 3.8) is 0 Å². The molecular weight excluding hydrogens is 361 g/mol. The Morgan fingerprint density at radius 2 is 1.85 bits per heavy atom. The molecule has 136 valence electrons. The number of alkyl halides is 3. The number of amidine groups is 1. The van der Waals surface area contributed by atoms with Gasteiger partial charge in [-0.2, -0.15) is 13.2 Å². The number of hydrogen-bond donors (Lipinski definition) is 0. The lowest BCUT2D eigenvalue weighted by Crippen LogP contribution is -2.33. The van der Waals surface area contributed by atoms with Crippen LogP contribution in [0.1, 0.15) is 27.0 Å². The first-order valence-electron chi connectivity index (χ1n) is 8.07. The van der Waals surface area contributed by atoms with Gasteiger partial charge in [-0.3, -0.25) is 14.7 Å². The largest absolute Gasteiger partial charge is 0.416 e. The van der Waals surface area contributed by atoms with Gasteiger partial charge in [0.2, 0.25) is 0 Å². The van der Waals surface area contributed by atoms with Crippen molar-refractivity contribution in [2.24, 2.45) is 4.99 Å². The number of aryl methyl sites for hydroxylation is 1. The number of carbonyl (C=O) groups excluding carboxylic acids is 1. The lowest BCUT2D eigenvalue weighted by molar-refractivity contribution is -0.137. The van der Waals surface area contributed by atoms with Crippen molar-refractivity contribution in [2.45, 2.75) is 18.9 Å². The fourth-order valence-corrected chi connectivity index (χ4v) is 3.64. The van der Waals surface area contributed by atoms with E-state index in [1.54, 1.807) is 11.0 Å². The monoisotopic (exact) mass is 378 g/mol. The molecule has 26 heavy (non-hydrogen) atoms. The van der Waals surface area contributed by atoms with Gasteiger partial charge < -0.3 is 0 Å². The normalized spacial score (nSPS) is 14.5. The maximum Gasteiger partial charge on any atom is 0.416 e. The van der Waals surface area contributed by atoms with Crippen molar-refractivity contribution in [2.75, 3.05) is 13.1 Å². The van der Waals surface area contributed by atoms with E-state index in [4.69, 9.17) is 0 Å². The maximum atomic E-state index is 12.8. The van der Waals surface area contributed by atoms with E-state index < -0.39 is 11.7 Å². The van der Waals surface area contributed by atoms with Crippen molar-refractivity contribution in [3.05, 3.63) is 70.8 Å². The second-order valence-corrected chi connectivity index (χ2v) is 6.86. The summed E-state index contributed by atoms with van der Waals surface area (Å²) in [4.78, 5) is 18.8. The number of rotatable bonds is 3. The lowest BCUT2D eigenvalue weighted by atomic mass is 10.1. The number of amides is 1. The third-order valence-corrected chi connectivity index (χ3v) is 5.16. The summed E-state index contributed by atoms with van der Waals surface area (Å²) in [7, 11) is 0. The minimum Gasteiger partial charge on any atom is -0.286 e.